The van der Waals surface area contributed by atoms with Gasteiger partial charge in [-0.15, -0.1) is 6.58 Å². The average molecular weight is 144 g/mol. The van der Waals surface area contributed by atoms with Crippen molar-refractivity contribution in [3.05, 3.63) is 12.7 Å². The molecule has 0 aliphatic carbocycles. The van der Waals surface area contributed by atoms with Crippen LogP contribution in [0, 0.1) is 5.92 Å². The summed E-state index contributed by atoms with van der Waals surface area (Å²) in [5, 5.41) is 18.0. The first-order chi connectivity index (χ1) is 4.52. The summed E-state index contributed by atoms with van der Waals surface area (Å²) in [4.78, 5) is 0. The van der Waals surface area contributed by atoms with Crippen molar-refractivity contribution in [3.63, 3.8) is 0 Å². The highest BCUT2D eigenvalue weighted by molar-refractivity contribution is 4.82. The molecule has 0 radical (unpaired) electrons. The molecule has 0 saturated heterocycles. The lowest BCUT2D eigenvalue weighted by molar-refractivity contribution is -0.0118. The van der Waals surface area contributed by atoms with E-state index in [0.29, 0.717) is 6.42 Å². The Kier molecular flexibility index (Phi) is 3.61. The number of hydrogen-bond acceptors (Lipinski definition) is 2. The SMILES string of the molecule is C=CC(C)CC(C)(O)CO. The van der Waals surface area contributed by atoms with Gasteiger partial charge in [0.15, 0.2) is 0 Å². The van der Waals surface area contributed by atoms with Crippen LogP contribution in [0.4, 0.5) is 0 Å². The summed E-state index contributed by atoms with van der Waals surface area (Å²) in [6, 6.07) is 0. The smallest absolute Gasteiger partial charge is 0.0854 e. The van der Waals surface area contributed by atoms with Gasteiger partial charge in [0, 0.05) is 0 Å². The third-order valence-corrected chi connectivity index (χ3v) is 1.50. The molecule has 60 valence electrons. The van der Waals surface area contributed by atoms with E-state index in [2.05, 4.69) is 6.58 Å². The summed E-state index contributed by atoms with van der Waals surface area (Å²) in [6.07, 6.45) is 2.33. The van der Waals surface area contributed by atoms with Gasteiger partial charge >= 0.3 is 0 Å². The van der Waals surface area contributed by atoms with Gasteiger partial charge in [-0.2, -0.15) is 0 Å². The molecule has 0 aliphatic rings. The fourth-order valence-electron chi connectivity index (χ4n) is 0.842. The van der Waals surface area contributed by atoms with E-state index < -0.39 is 5.60 Å². The lowest BCUT2D eigenvalue weighted by atomic mass is 9.94. The fourth-order valence-corrected chi connectivity index (χ4v) is 0.842. The maximum atomic E-state index is 9.33. The molecule has 0 aromatic heterocycles. The highest BCUT2D eigenvalue weighted by Crippen LogP contribution is 2.15. The fraction of sp³-hybridized carbons (Fsp3) is 0.750. The van der Waals surface area contributed by atoms with Crippen LogP contribution in [0.25, 0.3) is 0 Å². The Morgan fingerprint density at radius 1 is 1.70 bits per heavy atom. The second kappa shape index (κ2) is 3.74. The van der Waals surface area contributed by atoms with Crippen molar-refractivity contribution < 1.29 is 10.2 Å². The lowest BCUT2D eigenvalue weighted by Crippen LogP contribution is -2.30. The van der Waals surface area contributed by atoms with Crippen molar-refractivity contribution >= 4 is 0 Å². The van der Waals surface area contributed by atoms with E-state index in [1.165, 1.54) is 0 Å². The Morgan fingerprint density at radius 2 is 2.20 bits per heavy atom. The van der Waals surface area contributed by atoms with Crippen LogP contribution in [0.3, 0.4) is 0 Å². The summed E-state index contributed by atoms with van der Waals surface area (Å²) in [6.45, 7) is 6.97. The van der Waals surface area contributed by atoms with Crippen LogP contribution in [-0.2, 0) is 0 Å². The molecule has 10 heavy (non-hydrogen) atoms. The molecule has 0 aromatic rings. The van der Waals surface area contributed by atoms with Crippen LogP contribution in [0.1, 0.15) is 20.3 Å². The van der Waals surface area contributed by atoms with Gasteiger partial charge in [-0.05, 0) is 19.3 Å². The summed E-state index contributed by atoms with van der Waals surface area (Å²) >= 11 is 0. The van der Waals surface area contributed by atoms with E-state index in [4.69, 9.17) is 5.11 Å². The minimum atomic E-state index is -0.951. The Labute approximate surface area is 62.2 Å². The van der Waals surface area contributed by atoms with Crippen molar-refractivity contribution in [2.75, 3.05) is 6.61 Å². The first-order valence-corrected chi connectivity index (χ1v) is 3.47. The molecule has 0 rings (SSSR count). The Hall–Kier alpha value is -0.340. The van der Waals surface area contributed by atoms with Gasteiger partial charge in [-0.3, -0.25) is 0 Å². The third kappa shape index (κ3) is 3.64. The van der Waals surface area contributed by atoms with Gasteiger partial charge in [0.2, 0.25) is 0 Å². The summed E-state index contributed by atoms with van der Waals surface area (Å²) in [5.41, 5.74) is -0.951. The molecule has 0 bridgehead atoms. The molecular weight excluding hydrogens is 128 g/mol. The minimum Gasteiger partial charge on any atom is -0.393 e. The maximum Gasteiger partial charge on any atom is 0.0854 e. The molecule has 2 atom stereocenters. The Morgan fingerprint density at radius 3 is 2.50 bits per heavy atom. The van der Waals surface area contributed by atoms with Crippen molar-refractivity contribution in [3.8, 4) is 0 Å². The standard InChI is InChI=1S/C8H16O2/c1-4-7(2)5-8(3,10)6-9/h4,7,9-10H,1,5-6H2,2-3H3. The van der Waals surface area contributed by atoms with E-state index in [0.717, 1.165) is 0 Å². The third-order valence-electron chi connectivity index (χ3n) is 1.50. The molecule has 2 heteroatoms. The molecule has 2 unspecified atom stereocenters. The van der Waals surface area contributed by atoms with Crippen LogP contribution < -0.4 is 0 Å². The molecule has 0 aliphatic heterocycles. The second-order valence-corrected chi connectivity index (χ2v) is 3.07. The van der Waals surface area contributed by atoms with E-state index in [1.54, 1.807) is 13.0 Å². The summed E-state index contributed by atoms with van der Waals surface area (Å²) < 4.78 is 0. The molecular formula is C8H16O2. The van der Waals surface area contributed by atoms with Crippen molar-refractivity contribution in [2.24, 2.45) is 5.92 Å². The predicted octanol–water partition coefficient (Wildman–Crippen LogP) is 0.942. The van der Waals surface area contributed by atoms with Crippen LogP contribution in [0.5, 0.6) is 0 Å². The van der Waals surface area contributed by atoms with Gasteiger partial charge in [-0.25, -0.2) is 0 Å². The first kappa shape index (κ1) is 9.66. The van der Waals surface area contributed by atoms with Crippen molar-refractivity contribution in [1.82, 2.24) is 0 Å². The first-order valence-electron chi connectivity index (χ1n) is 3.47. The van der Waals surface area contributed by atoms with E-state index in [9.17, 15) is 5.11 Å². The van der Waals surface area contributed by atoms with Crippen LogP contribution in [0.2, 0.25) is 0 Å². The molecule has 0 fully saturated rings. The molecule has 0 heterocycles. The number of allylic oxidation sites excluding steroid dienone is 1. The molecule has 0 spiro atoms. The highest BCUT2D eigenvalue weighted by Gasteiger charge is 2.20. The van der Waals surface area contributed by atoms with Crippen molar-refractivity contribution in [1.29, 1.82) is 0 Å². The zero-order valence-corrected chi connectivity index (χ0v) is 6.67. The Bertz CT molecular complexity index is 108. The minimum absolute atomic E-state index is 0.189. The zero-order valence-electron chi connectivity index (χ0n) is 6.67. The maximum absolute atomic E-state index is 9.33. The zero-order chi connectivity index (χ0) is 8.20. The number of aliphatic hydroxyl groups excluding tert-OH is 1. The van der Waals surface area contributed by atoms with E-state index in [-0.39, 0.29) is 12.5 Å². The summed E-state index contributed by atoms with van der Waals surface area (Å²) in [5.74, 6) is 0.252. The van der Waals surface area contributed by atoms with Gasteiger partial charge in [0.05, 0.1) is 12.2 Å². The second-order valence-electron chi connectivity index (χ2n) is 3.07. The van der Waals surface area contributed by atoms with E-state index >= 15 is 0 Å². The lowest BCUT2D eigenvalue weighted by Gasteiger charge is -2.22. The van der Waals surface area contributed by atoms with Crippen LogP contribution >= 0.6 is 0 Å². The molecule has 0 saturated carbocycles. The quantitative estimate of drug-likeness (QED) is 0.576. The number of rotatable bonds is 4. The molecule has 0 amide bonds. The van der Waals surface area contributed by atoms with Crippen LogP contribution in [0.15, 0.2) is 12.7 Å². The van der Waals surface area contributed by atoms with Gasteiger partial charge in [0.25, 0.3) is 0 Å². The Balaban J connectivity index is 3.75. The molecule has 2 nitrogen and oxygen atoms in total. The largest absolute Gasteiger partial charge is 0.393 e. The van der Waals surface area contributed by atoms with E-state index in [1.807, 2.05) is 6.92 Å². The number of hydrogen-bond donors (Lipinski definition) is 2. The van der Waals surface area contributed by atoms with Gasteiger partial charge in [0.1, 0.15) is 0 Å². The van der Waals surface area contributed by atoms with Crippen molar-refractivity contribution in [2.45, 2.75) is 25.9 Å². The topological polar surface area (TPSA) is 40.5 Å². The molecule has 0 aromatic carbocycles. The monoisotopic (exact) mass is 144 g/mol. The normalized spacial score (nSPS) is 19.6. The van der Waals surface area contributed by atoms with Gasteiger partial charge in [-0.1, -0.05) is 13.0 Å². The molecule has 2 N–H and O–H groups in total. The highest BCUT2D eigenvalue weighted by atomic mass is 16.3. The predicted molar refractivity (Wildman–Crippen MR) is 41.7 cm³/mol. The summed E-state index contributed by atoms with van der Waals surface area (Å²) in [7, 11) is 0. The number of aliphatic hydroxyl groups is 2. The average Bonchev–Trinajstić information content (AvgIpc) is 1.87. The van der Waals surface area contributed by atoms with Crippen LogP contribution in [-0.4, -0.2) is 22.4 Å². The van der Waals surface area contributed by atoms with Gasteiger partial charge < -0.3 is 10.2 Å².